The molecular weight excluding hydrogens is 320 g/mol. The number of nitrogens with one attached hydrogen (secondary N) is 2. The van der Waals surface area contributed by atoms with Crippen LogP contribution in [0.25, 0.3) is 0 Å². The Hall–Kier alpha value is -2.28. The second kappa shape index (κ2) is 9.88. The van der Waals surface area contributed by atoms with Gasteiger partial charge >= 0.3 is 6.03 Å². The first-order valence-electron chi connectivity index (χ1n) is 8.71. The van der Waals surface area contributed by atoms with Crippen molar-refractivity contribution in [1.29, 1.82) is 0 Å². The first-order chi connectivity index (χ1) is 12.1. The zero-order valence-electron chi connectivity index (χ0n) is 15.0. The third-order valence-electron chi connectivity index (χ3n) is 4.17. The highest BCUT2D eigenvalue weighted by Crippen LogP contribution is 2.15. The largest absolute Gasteiger partial charge is 0.383 e. The minimum Gasteiger partial charge on any atom is -0.383 e. The van der Waals surface area contributed by atoms with Gasteiger partial charge in [-0.15, -0.1) is 0 Å². The molecule has 0 spiro atoms. The number of methoxy groups -OCH3 is 1. The Morgan fingerprint density at radius 3 is 2.48 bits per heavy atom. The van der Waals surface area contributed by atoms with Crippen molar-refractivity contribution in [2.75, 3.05) is 51.3 Å². The zero-order chi connectivity index (χ0) is 18.1. The SMILES string of the molecule is COCC(C)NC(=O)NCCC(=O)N1CCN(c2ccccc2)CC1. The molecule has 138 valence electrons. The van der Waals surface area contributed by atoms with Gasteiger partial charge in [0.15, 0.2) is 0 Å². The number of amides is 3. The normalized spacial score (nSPS) is 15.6. The number of urea groups is 1. The van der Waals surface area contributed by atoms with Crippen LogP contribution in [-0.4, -0.2) is 69.3 Å². The number of nitrogens with zero attached hydrogens (tertiary/aromatic N) is 2. The summed E-state index contributed by atoms with van der Waals surface area (Å²) in [5.41, 5.74) is 1.19. The summed E-state index contributed by atoms with van der Waals surface area (Å²) in [5, 5.41) is 5.46. The number of hydrogen-bond donors (Lipinski definition) is 2. The molecule has 1 aromatic rings. The van der Waals surface area contributed by atoms with E-state index in [0.717, 1.165) is 13.1 Å². The molecule has 1 aliphatic heterocycles. The van der Waals surface area contributed by atoms with Crippen LogP contribution < -0.4 is 15.5 Å². The summed E-state index contributed by atoms with van der Waals surface area (Å²) < 4.78 is 4.96. The van der Waals surface area contributed by atoms with Crippen LogP contribution in [0.15, 0.2) is 30.3 Å². The lowest BCUT2D eigenvalue weighted by atomic mass is 10.2. The van der Waals surface area contributed by atoms with Gasteiger partial charge in [0.05, 0.1) is 12.6 Å². The third kappa shape index (κ3) is 6.26. The maximum atomic E-state index is 12.3. The molecule has 2 rings (SSSR count). The van der Waals surface area contributed by atoms with E-state index in [9.17, 15) is 9.59 Å². The number of carbonyl (C=O) groups excluding carboxylic acids is 2. The van der Waals surface area contributed by atoms with Gasteiger partial charge in [0, 0.05) is 51.9 Å². The van der Waals surface area contributed by atoms with Gasteiger partial charge in [-0.25, -0.2) is 4.79 Å². The summed E-state index contributed by atoms with van der Waals surface area (Å²) in [4.78, 5) is 28.1. The van der Waals surface area contributed by atoms with E-state index in [1.165, 1.54) is 5.69 Å². The topological polar surface area (TPSA) is 73.9 Å². The highest BCUT2D eigenvalue weighted by Gasteiger charge is 2.21. The van der Waals surface area contributed by atoms with E-state index >= 15 is 0 Å². The van der Waals surface area contributed by atoms with Gasteiger partial charge in [-0.2, -0.15) is 0 Å². The molecular formula is C18H28N4O3. The summed E-state index contributed by atoms with van der Waals surface area (Å²) in [7, 11) is 1.59. The number of carbonyl (C=O) groups is 2. The summed E-state index contributed by atoms with van der Waals surface area (Å²) in [6.07, 6.45) is 0.317. The van der Waals surface area contributed by atoms with Crippen molar-refractivity contribution in [2.24, 2.45) is 0 Å². The standard InChI is InChI=1S/C18H28N4O3/c1-15(14-25-2)20-18(24)19-9-8-17(23)22-12-10-21(11-13-22)16-6-4-3-5-7-16/h3-7,15H,8-14H2,1-2H3,(H2,19,20,24). The number of hydrogen-bond acceptors (Lipinski definition) is 4. The molecule has 2 N–H and O–H groups in total. The van der Waals surface area contributed by atoms with Gasteiger partial charge in [0.2, 0.25) is 5.91 Å². The average molecular weight is 348 g/mol. The van der Waals surface area contributed by atoms with Crippen molar-refractivity contribution < 1.29 is 14.3 Å². The van der Waals surface area contributed by atoms with Crippen LogP contribution in [-0.2, 0) is 9.53 Å². The first-order valence-corrected chi connectivity index (χ1v) is 8.71. The maximum Gasteiger partial charge on any atom is 0.315 e. The zero-order valence-corrected chi connectivity index (χ0v) is 15.0. The minimum atomic E-state index is -0.272. The average Bonchev–Trinajstić information content (AvgIpc) is 2.62. The van der Waals surface area contributed by atoms with Crippen LogP contribution in [0.4, 0.5) is 10.5 Å². The van der Waals surface area contributed by atoms with Crippen LogP contribution >= 0.6 is 0 Å². The molecule has 1 aromatic carbocycles. The highest BCUT2D eigenvalue weighted by atomic mass is 16.5. The molecule has 7 heteroatoms. The summed E-state index contributed by atoms with van der Waals surface area (Å²) in [5.74, 6) is 0.0814. The monoisotopic (exact) mass is 348 g/mol. The lowest BCUT2D eigenvalue weighted by Crippen LogP contribution is -2.49. The Balaban J connectivity index is 1.65. The van der Waals surface area contributed by atoms with Crippen molar-refractivity contribution >= 4 is 17.6 Å². The number of rotatable bonds is 7. The Kier molecular flexibility index (Phi) is 7.53. The second-order valence-corrected chi connectivity index (χ2v) is 6.21. The Labute approximate surface area is 149 Å². The molecule has 1 atom stereocenters. The van der Waals surface area contributed by atoms with Gasteiger partial charge in [0.25, 0.3) is 0 Å². The quantitative estimate of drug-likeness (QED) is 0.773. The van der Waals surface area contributed by atoms with Crippen molar-refractivity contribution in [3.63, 3.8) is 0 Å². The molecule has 0 radical (unpaired) electrons. The Morgan fingerprint density at radius 1 is 1.16 bits per heavy atom. The molecule has 7 nitrogen and oxygen atoms in total. The van der Waals surface area contributed by atoms with E-state index in [2.05, 4.69) is 27.7 Å². The van der Waals surface area contributed by atoms with E-state index in [0.29, 0.717) is 32.7 Å². The first kappa shape index (κ1) is 19.1. The van der Waals surface area contributed by atoms with Gasteiger partial charge in [0.1, 0.15) is 0 Å². The molecule has 0 aliphatic carbocycles. The summed E-state index contributed by atoms with van der Waals surface area (Å²) >= 11 is 0. The van der Waals surface area contributed by atoms with Crippen molar-refractivity contribution in [3.05, 3.63) is 30.3 Å². The Bertz CT molecular complexity index is 545. The van der Waals surface area contributed by atoms with Gasteiger partial charge < -0.3 is 25.2 Å². The van der Waals surface area contributed by atoms with E-state index in [4.69, 9.17) is 4.74 Å². The molecule has 1 unspecified atom stereocenters. The van der Waals surface area contributed by atoms with E-state index in [1.54, 1.807) is 7.11 Å². The summed E-state index contributed by atoms with van der Waals surface area (Å²) in [6, 6.07) is 9.89. The van der Waals surface area contributed by atoms with Gasteiger partial charge in [-0.3, -0.25) is 4.79 Å². The number of para-hydroxylation sites is 1. The van der Waals surface area contributed by atoms with Crippen LogP contribution in [0.5, 0.6) is 0 Å². The molecule has 1 saturated heterocycles. The minimum absolute atomic E-state index is 0.0632. The van der Waals surface area contributed by atoms with Crippen molar-refractivity contribution in [1.82, 2.24) is 15.5 Å². The van der Waals surface area contributed by atoms with Gasteiger partial charge in [-0.1, -0.05) is 18.2 Å². The van der Waals surface area contributed by atoms with E-state index < -0.39 is 0 Å². The van der Waals surface area contributed by atoms with Crippen molar-refractivity contribution in [2.45, 2.75) is 19.4 Å². The number of ether oxygens (including phenoxy) is 1. The second-order valence-electron chi connectivity index (χ2n) is 6.21. The molecule has 0 aromatic heterocycles. The highest BCUT2D eigenvalue weighted by molar-refractivity contribution is 5.78. The number of piperazine rings is 1. The fraction of sp³-hybridized carbons (Fsp3) is 0.556. The number of anilines is 1. The summed E-state index contributed by atoms with van der Waals surface area (Å²) in [6.45, 7) is 5.74. The molecule has 1 heterocycles. The molecule has 25 heavy (non-hydrogen) atoms. The van der Waals surface area contributed by atoms with Crippen molar-refractivity contribution in [3.8, 4) is 0 Å². The smallest absolute Gasteiger partial charge is 0.315 e. The van der Waals surface area contributed by atoms with E-state index in [1.807, 2.05) is 30.0 Å². The van der Waals surface area contributed by atoms with E-state index in [-0.39, 0.29) is 18.0 Å². The molecule has 3 amide bonds. The molecule has 1 aliphatic rings. The molecule has 0 bridgehead atoms. The third-order valence-corrected chi connectivity index (χ3v) is 4.17. The predicted molar refractivity (Wildman–Crippen MR) is 97.7 cm³/mol. The van der Waals surface area contributed by atoms with Crippen LogP contribution in [0.3, 0.4) is 0 Å². The van der Waals surface area contributed by atoms with Crippen LogP contribution in [0, 0.1) is 0 Å². The maximum absolute atomic E-state index is 12.3. The lowest BCUT2D eigenvalue weighted by molar-refractivity contribution is -0.131. The number of benzene rings is 1. The van der Waals surface area contributed by atoms with Gasteiger partial charge in [-0.05, 0) is 19.1 Å². The lowest BCUT2D eigenvalue weighted by Gasteiger charge is -2.36. The fourth-order valence-corrected chi connectivity index (χ4v) is 2.86. The Morgan fingerprint density at radius 2 is 1.84 bits per heavy atom. The molecule has 0 saturated carbocycles. The van der Waals surface area contributed by atoms with Crippen LogP contribution in [0.1, 0.15) is 13.3 Å². The van der Waals surface area contributed by atoms with Crippen LogP contribution in [0.2, 0.25) is 0 Å². The molecule has 1 fully saturated rings. The fourth-order valence-electron chi connectivity index (χ4n) is 2.86. The predicted octanol–water partition coefficient (Wildman–Crippen LogP) is 1.06.